The molecule has 4 nitrogen and oxygen atoms in total. The summed E-state index contributed by atoms with van der Waals surface area (Å²) in [5.74, 6) is 0.291. The van der Waals surface area contributed by atoms with Crippen molar-refractivity contribution in [3.63, 3.8) is 0 Å². The summed E-state index contributed by atoms with van der Waals surface area (Å²) in [6, 6.07) is 15.3. The molecule has 0 bridgehead atoms. The first-order chi connectivity index (χ1) is 14.9. The smallest absolute Gasteiger partial charge is 0.319 e. The number of benzene rings is 2. The van der Waals surface area contributed by atoms with Gasteiger partial charge in [0, 0.05) is 18.3 Å². The van der Waals surface area contributed by atoms with Gasteiger partial charge in [0.05, 0.1) is 5.54 Å². The van der Waals surface area contributed by atoms with Crippen LogP contribution >= 0.6 is 0 Å². The minimum absolute atomic E-state index is 0.119. The molecule has 2 aromatic carbocycles. The zero-order valence-corrected chi connectivity index (χ0v) is 18.7. The lowest BCUT2D eigenvalue weighted by Crippen LogP contribution is -2.61. The van der Waals surface area contributed by atoms with Crippen molar-refractivity contribution in [2.75, 3.05) is 18.4 Å². The third kappa shape index (κ3) is 5.45. The fraction of sp³-hybridized carbons (Fsp3) is 0.500. The summed E-state index contributed by atoms with van der Waals surface area (Å²) in [4.78, 5) is 15.3. The Morgan fingerprint density at radius 2 is 1.81 bits per heavy atom. The van der Waals surface area contributed by atoms with Crippen molar-refractivity contribution in [2.45, 2.75) is 69.9 Å². The fourth-order valence-electron chi connectivity index (χ4n) is 4.90. The van der Waals surface area contributed by atoms with Gasteiger partial charge in [0.1, 0.15) is 5.82 Å². The summed E-state index contributed by atoms with van der Waals surface area (Å²) in [5.41, 5.74) is 3.12. The average molecular weight is 424 g/mol. The van der Waals surface area contributed by atoms with Crippen LogP contribution in [0.5, 0.6) is 0 Å². The molecule has 0 radical (unpaired) electrons. The lowest BCUT2D eigenvalue weighted by molar-refractivity contribution is 0.109. The molecule has 0 aromatic heterocycles. The number of urea groups is 1. The standard InChI is InChI=1S/C26H34FN3O/c1-19(2)21-8-12-23(13-9-21)28-25(31)29-26(14-4-15-26)18-30-16-3-5-24(30)17-20-6-10-22(27)11-7-20/h6-13,19,24H,3-5,14-18H2,1-2H3,(H2,28,29,31). The molecule has 1 atom stereocenters. The number of amides is 2. The number of hydrogen-bond acceptors (Lipinski definition) is 2. The summed E-state index contributed by atoms with van der Waals surface area (Å²) in [6.07, 6.45) is 6.46. The Labute approximate surface area is 185 Å². The second-order valence-electron chi connectivity index (χ2n) is 9.59. The zero-order valence-electron chi connectivity index (χ0n) is 18.7. The van der Waals surface area contributed by atoms with Crippen LogP contribution in [0, 0.1) is 5.82 Å². The Balaban J connectivity index is 1.34. The molecular weight excluding hydrogens is 389 g/mol. The van der Waals surface area contributed by atoms with Gasteiger partial charge in [0.25, 0.3) is 0 Å². The van der Waals surface area contributed by atoms with Gasteiger partial charge in [-0.15, -0.1) is 0 Å². The number of carbonyl (C=O) groups excluding carboxylic acids is 1. The number of rotatable bonds is 7. The summed E-state index contributed by atoms with van der Waals surface area (Å²) in [5, 5.41) is 6.30. The first-order valence-electron chi connectivity index (χ1n) is 11.6. The summed E-state index contributed by atoms with van der Waals surface area (Å²) in [6.45, 7) is 6.28. The molecule has 4 rings (SSSR count). The molecule has 0 spiro atoms. The molecule has 2 aliphatic rings. The van der Waals surface area contributed by atoms with E-state index in [1.807, 2.05) is 24.3 Å². The zero-order chi connectivity index (χ0) is 21.8. The van der Waals surface area contributed by atoms with E-state index in [-0.39, 0.29) is 17.4 Å². The Bertz CT molecular complexity index is 875. The molecule has 2 N–H and O–H groups in total. The minimum Gasteiger partial charge on any atom is -0.331 e. The highest BCUT2D eigenvalue weighted by Crippen LogP contribution is 2.35. The van der Waals surface area contributed by atoms with Crippen molar-refractivity contribution >= 4 is 11.7 Å². The van der Waals surface area contributed by atoms with Gasteiger partial charge in [-0.25, -0.2) is 9.18 Å². The molecule has 166 valence electrons. The van der Waals surface area contributed by atoms with Crippen molar-refractivity contribution in [1.29, 1.82) is 0 Å². The van der Waals surface area contributed by atoms with Crippen LogP contribution in [0.25, 0.3) is 0 Å². The monoisotopic (exact) mass is 423 g/mol. The quantitative estimate of drug-likeness (QED) is 0.600. The Kier molecular flexibility index (Phi) is 6.61. The van der Waals surface area contributed by atoms with E-state index in [0.29, 0.717) is 12.0 Å². The van der Waals surface area contributed by atoms with Gasteiger partial charge in [0.15, 0.2) is 0 Å². The van der Waals surface area contributed by atoms with Crippen molar-refractivity contribution < 1.29 is 9.18 Å². The van der Waals surface area contributed by atoms with Crippen LogP contribution in [-0.4, -0.2) is 35.6 Å². The van der Waals surface area contributed by atoms with Crippen LogP contribution in [0.15, 0.2) is 48.5 Å². The molecule has 1 saturated heterocycles. The first kappa shape index (κ1) is 21.8. The van der Waals surface area contributed by atoms with Gasteiger partial charge >= 0.3 is 6.03 Å². The molecule has 1 heterocycles. The van der Waals surface area contributed by atoms with Crippen LogP contribution < -0.4 is 10.6 Å². The second-order valence-corrected chi connectivity index (χ2v) is 9.59. The summed E-state index contributed by atoms with van der Waals surface area (Å²) < 4.78 is 13.2. The highest BCUT2D eigenvalue weighted by atomic mass is 19.1. The number of likely N-dealkylation sites (tertiary alicyclic amines) is 1. The fourth-order valence-corrected chi connectivity index (χ4v) is 4.90. The minimum atomic E-state index is -0.186. The van der Waals surface area contributed by atoms with E-state index in [0.717, 1.165) is 50.9 Å². The number of nitrogens with one attached hydrogen (secondary N) is 2. The number of halogens is 1. The molecule has 1 aliphatic heterocycles. The SMILES string of the molecule is CC(C)c1ccc(NC(=O)NC2(CN3CCCC3Cc3ccc(F)cc3)CCC2)cc1. The third-order valence-electron chi connectivity index (χ3n) is 6.91. The third-order valence-corrected chi connectivity index (χ3v) is 6.91. The van der Waals surface area contributed by atoms with Gasteiger partial charge in [-0.05, 0) is 86.4 Å². The van der Waals surface area contributed by atoms with E-state index in [1.54, 1.807) is 12.1 Å². The van der Waals surface area contributed by atoms with Crippen LogP contribution in [-0.2, 0) is 6.42 Å². The van der Waals surface area contributed by atoms with Crippen molar-refractivity contribution in [3.05, 3.63) is 65.5 Å². The molecule has 1 saturated carbocycles. The maximum Gasteiger partial charge on any atom is 0.319 e. The van der Waals surface area contributed by atoms with Crippen LogP contribution in [0.4, 0.5) is 14.9 Å². The summed E-state index contributed by atoms with van der Waals surface area (Å²) in [7, 11) is 0. The molecule has 1 aliphatic carbocycles. The predicted octanol–water partition coefficient (Wildman–Crippen LogP) is 5.70. The highest BCUT2D eigenvalue weighted by Gasteiger charge is 2.42. The number of nitrogens with zero attached hydrogens (tertiary/aromatic N) is 1. The highest BCUT2D eigenvalue weighted by molar-refractivity contribution is 5.89. The van der Waals surface area contributed by atoms with E-state index in [9.17, 15) is 9.18 Å². The van der Waals surface area contributed by atoms with E-state index < -0.39 is 0 Å². The number of anilines is 1. The lowest BCUT2D eigenvalue weighted by atomic mass is 9.76. The Hall–Kier alpha value is -2.40. The van der Waals surface area contributed by atoms with Gasteiger partial charge < -0.3 is 10.6 Å². The molecule has 1 unspecified atom stereocenters. The lowest BCUT2D eigenvalue weighted by Gasteiger charge is -2.46. The van der Waals surface area contributed by atoms with Gasteiger partial charge in [-0.1, -0.05) is 38.1 Å². The number of carbonyl (C=O) groups is 1. The summed E-state index contributed by atoms with van der Waals surface area (Å²) >= 11 is 0. The molecule has 2 aromatic rings. The van der Waals surface area contributed by atoms with E-state index >= 15 is 0 Å². The van der Waals surface area contributed by atoms with Crippen molar-refractivity contribution in [1.82, 2.24) is 10.2 Å². The first-order valence-corrected chi connectivity index (χ1v) is 11.6. The largest absolute Gasteiger partial charge is 0.331 e. The maximum atomic E-state index is 13.2. The Morgan fingerprint density at radius 1 is 1.10 bits per heavy atom. The van der Waals surface area contributed by atoms with Gasteiger partial charge in [-0.3, -0.25) is 4.90 Å². The maximum absolute atomic E-state index is 13.2. The van der Waals surface area contributed by atoms with Gasteiger partial charge in [-0.2, -0.15) is 0 Å². The van der Waals surface area contributed by atoms with E-state index in [1.165, 1.54) is 17.5 Å². The molecule has 2 amide bonds. The number of hydrogen-bond donors (Lipinski definition) is 2. The Morgan fingerprint density at radius 3 is 2.42 bits per heavy atom. The topological polar surface area (TPSA) is 44.4 Å². The molecular formula is C26H34FN3O. The van der Waals surface area contributed by atoms with Gasteiger partial charge in [0.2, 0.25) is 0 Å². The van der Waals surface area contributed by atoms with Crippen LogP contribution in [0.2, 0.25) is 0 Å². The molecule has 2 fully saturated rings. The average Bonchev–Trinajstić information content (AvgIpc) is 3.14. The van der Waals surface area contributed by atoms with Crippen LogP contribution in [0.3, 0.4) is 0 Å². The van der Waals surface area contributed by atoms with Crippen molar-refractivity contribution in [3.8, 4) is 0 Å². The predicted molar refractivity (Wildman–Crippen MR) is 124 cm³/mol. The van der Waals surface area contributed by atoms with Crippen LogP contribution in [0.1, 0.15) is 63.0 Å². The second kappa shape index (κ2) is 9.39. The van der Waals surface area contributed by atoms with E-state index in [4.69, 9.17) is 0 Å². The molecule has 31 heavy (non-hydrogen) atoms. The molecule has 5 heteroatoms. The van der Waals surface area contributed by atoms with E-state index in [2.05, 4.69) is 41.5 Å². The normalized spacial score (nSPS) is 20.5. The van der Waals surface area contributed by atoms with Crippen molar-refractivity contribution in [2.24, 2.45) is 0 Å².